The maximum atomic E-state index is 12.4. The number of carbonyl (C=O) groups is 2. The van der Waals surface area contributed by atoms with Crippen molar-refractivity contribution in [2.24, 2.45) is 23.7 Å². The smallest absolute Gasteiger partial charge is 0.335 e. The molecule has 0 saturated heterocycles. The monoisotopic (exact) mass is 313 g/mol. The minimum absolute atomic E-state index is 0.0274. The first kappa shape index (κ1) is 14.7. The van der Waals surface area contributed by atoms with Gasteiger partial charge in [0.1, 0.15) is 0 Å². The lowest BCUT2D eigenvalue weighted by molar-refractivity contribution is -0.121. The van der Waals surface area contributed by atoms with Crippen LogP contribution in [0.3, 0.4) is 0 Å². The molecule has 2 N–H and O–H groups in total. The number of fused-ring (bicyclic) bond motifs is 5. The van der Waals surface area contributed by atoms with Crippen molar-refractivity contribution < 1.29 is 14.7 Å². The van der Waals surface area contributed by atoms with E-state index in [1.54, 1.807) is 18.2 Å². The normalized spacial score (nSPS) is 34.3. The zero-order valence-corrected chi connectivity index (χ0v) is 13.2. The molecule has 4 rings (SSSR count). The van der Waals surface area contributed by atoms with Gasteiger partial charge in [0.25, 0.3) is 0 Å². The van der Waals surface area contributed by atoms with Gasteiger partial charge in [0.15, 0.2) is 0 Å². The Kier molecular flexibility index (Phi) is 3.63. The molecule has 0 spiro atoms. The van der Waals surface area contributed by atoms with Crippen LogP contribution in [0.2, 0.25) is 0 Å². The average molecular weight is 313 g/mol. The van der Waals surface area contributed by atoms with E-state index in [1.165, 1.54) is 25.7 Å². The quantitative estimate of drug-likeness (QED) is 0.898. The van der Waals surface area contributed by atoms with Crippen LogP contribution in [0.1, 0.15) is 48.0 Å². The molecule has 1 aromatic rings. The first-order valence-electron chi connectivity index (χ1n) is 8.73. The minimum Gasteiger partial charge on any atom is -0.478 e. The first-order chi connectivity index (χ1) is 11.1. The summed E-state index contributed by atoms with van der Waals surface area (Å²) in [5, 5.41) is 12.3. The number of aromatic carboxylic acids is 1. The predicted molar refractivity (Wildman–Crippen MR) is 86.1 cm³/mol. The van der Waals surface area contributed by atoms with Crippen molar-refractivity contribution in [3.63, 3.8) is 0 Å². The molecule has 4 nitrogen and oxygen atoms in total. The fraction of sp³-hybridized carbons (Fsp3) is 0.579. The molecular weight excluding hydrogens is 290 g/mol. The molecule has 122 valence electrons. The summed E-state index contributed by atoms with van der Waals surface area (Å²) in [7, 11) is 0. The zero-order chi connectivity index (χ0) is 16.0. The van der Waals surface area contributed by atoms with E-state index in [0.29, 0.717) is 12.0 Å². The molecule has 3 saturated carbocycles. The van der Waals surface area contributed by atoms with Gasteiger partial charge in [-0.25, -0.2) is 4.79 Å². The molecule has 0 aliphatic heterocycles. The minimum atomic E-state index is -0.951. The molecule has 0 heterocycles. The third-order valence-corrected chi connectivity index (χ3v) is 6.31. The lowest BCUT2D eigenvalue weighted by Gasteiger charge is -2.32. The Labute approximate surface area is 136 Å². The number of benzene rings is 1. The molecule has 3 fully saturated rings. The molecular formula is C19H23NO3. The summed E-state index contributed by atoms with van der Waals surface area (Å²) in [6, 6.07) is 7.01. The van der Waals surface area contributed by atoms with E-state index >= 15 is 0 Å². The lowest BCUT2D eigenvalue weighted by Crippen LogP contribution is -2.43. The van der Waals surface area contributed by atoms with Crippen LogP contribution >= 0.6 is 0 Å². The number of hydrogen-bond donors (Lipinski definition) is 2. The van der Waals surface area contributed by atoms with Crippen LogP contribution in [-0.2, 0) is 11.2 Å². The topological polar surface area (TPSA) is 66.4 Å². The van der Waals surface area contributed by atoms with Gasteiger partial charge >= 0.3 is 5.97 Å². The van der Waals surface area contributed by atoms with E-state index in [-0.39, 0.29) is 17.9 Å². The van der Waals surface area contributed by atoms with E-state index in [1.807, 2.05) is 6.07 Å². The molecule has 0 radical (unpaired) electrons. The number of amides is 1. The number of carboxylic acid groups (broad SMARTS) is 1. The van der Waals surface area contributed by atoms with E-state index in [2.05, 4.69) is 5.32 Å². The summed E-state index contributed by atoms with van der Waals surface area (Å²) < 4.78 is 0. The van der Waals surface area contributed by atoms with Crippen molar-refractivity contribution in [2.45, 2.75) is 44.6 Å². The molecule has 2 bridgehead atoms. The Balaban J connectivity index is 1.38. The lowest BCUT2D eigenvalue weighted by atomic mass is 9.79. The maximum Gasteiger partial charge on any atom is 0.335 e. The van der Waals surface area contributed by atoms with E-state index in [0.717, 1.165) is 29.7 Å². The first-order valence-corrected chi connectivity index (χ1v) is 8.73. The van der Waals surface area contributed by atoms with Gasteiger partial charge in [-0.3, -0.25) is 4.79 Å². The maximum absolute atomic E-state index is 12.4. The van der Waals surface area contributed by atoms with Gasteiger partial charge in [-0.05, 0) is 67.1 Å². The Bertz CT molecular complexity index is 641. The Morgan fingerprint density at radius 1 is 1.13 bits per heavy atom. The zero-order valence-electron chi connectivity index (χ0n) is 13.2. The summed E-state index contributed by atoms with van der Waals surface area (Å²) in [6.07, 6.45) is 6.82. The summed E-state index contributed by atoms with van der Waals surface area (Å²) in [4.78, 5) is 23.4. The molecule has 5 unspecified atom stereocenters. The van der Waals surface area contributed by atoms with Crippen LogP contribution in [0, 0.1) is 23.7 Å². The fourth-order valence-electron chi connectivity index (χ4n) is 5.49. The Hall–Kier alpha value is -1.84. The fourth-order valence-corrected chi connectivity index (χ4v) is 5.49. The van der Waals surface area contributed by atoms with Crippen LogP contribution in [0.5, 0.6) is 0 Å². The van der Waals surface area contributed by atoms with Crippen molar-refractivity contribution in [3.8, 4) is 0 Å². The van der Waals surface area contributed by atoms with Gasteiger partial charge in [0.2, 0.25) is 5.91 Å². The van der Waals surface area contributed by atoms with Gasteiger partial charge in [0.05, 0.1) is 12.0 Å². The summed E-state index contributed by atoms with van der Waals surface area (Å²) in [5.74, 6) is 2.36. The standard InChI is InChI=1S/C19H23NO3/c21-18(8-11-3-1-4-12(7-11)19(22)23)20-17-10-13-9-16(17)15-6-2-5-14(13)15/h1,3-4,7,13-17H,2,5-6,8-10H2,(H,20,21)(H,22,23). The second-order valence-electron chi connectivity index (χ2n) is 7.51. The summed E-state index contributed by atoms with van der Waals surface area (Å²) >= 11 is 0. The van der Waals surface area contributed by atoms with Crippen molar-refractivity contribution >= 4 is 11.9 Å². The third kappa shape index (κ3) is 2.64. The predicted octanol–water partition coefficient (Wildman–Crippen LogP) is 2.87. The number of hydrogen-bond acceptors (Lipinski definition) is 2. The highest BCUT2D eigenvalue weighted by molar-refractivity contribution is 5.88. The molecule has 0 aromatic heterocycles. The van der Waals surface area contributed by atoms with E-state index in [9.17, 15) is 9.59 Å². The molecule has 3 aliphatic carbocycles. The number of rotatable bonds is 4. The van der Waals surface area contributed by atoms with Crippen LogP contribution in [-0.4, -0.2) is 23.0 Å². The highest BCUT2D eigenvalue weighted by Gasteiger charge is 2.53. The van der Waals surface area contributed by atoms with Crippen molar-refractivity contribution in [1.82, 2.24) is 5.32 Å². The van der Waals surface area contributed by atoms with Gasteiger partial charge in [-0.1, -0.05) is 18.6 Å². The third-order valence-electron chi connectivity index (χ3n) is 6.31. The second kappa shape index (κ2) is 5.66. The van der Waals surface area contributed by atoms with E-state index in [4.69, 9.17) is 5.11 Å². The molecule has 23 heavy (non-hydrogen) atoms. The molecule has 1 amide bonds. The molecule has 1 aromatic carbocycles. The van der Waals surface area contributed by atoms with Crippen LogP contribution in [0.15, 0.2) is 24.3 Å². The average Bonchev–Trinajstić information content (AvgIpc) is 3.19. The highest BCUT2D eigenvalue weighted by Crippen LogP contribution is 2.58. The van der Waals surface area contributed by atoms with E-state index < -0.39 is 5.97 Å². The highest BCUT2D eigenvalue weighted by atomic mass is 16.4. The van der Waals surface area contributed by atoms with Gasteiger partial charge in [0, 0.05) is 6.04 Å². The van der Waals surface area contributed by atoms with Crippen LogP contribution in [0.25, 0.3) is 0 Å². The Morgan fingerprint density at radius 3 is 2.78 bits per heavy atom. The molecule has 5 atom stereocenters. The largest absolute Gasteiger partial charge is 0.478 e. The van der Waals surface area contributed by atoms with Crippen LogP contribution < -0.4 is 5.32 Å². The van der Waals surface area contributed by atoms with Gasteiger partial charge in [-0.2, -0.15) is 0 Å². The SMILES string of the molecule is O=C(Cc1cccc(C(=O)O)c1)NC1CC2CC1C1CCCC21. The van der Waals surface area contributed by atoms with Crippen molar-refractivity contribution in [3.05, 3.63) is 35.4 Å². The van der Waals surface area contributed by atoms with Crippen molar-refractivity contribution in [2.75, 3.05) is 0 Å². The number of carbonyl (C=O) groups excluding carboxylic acids is 1. The van der Waals surface area contributed by atoms with Crippen molar-refractivity contribution in [1.29, 1.82) is 0 Å². The van der Waals surface area contributed by atoms with Crippen LogP contribution in [0.4, 0.5) is 0 Å². The second-order valence-corrected chi connectivity index (χ2v) is 7.51. The van der Waals surface area contributed by atoms with Gasteiger partial charge < -0.3 is 10.4 Å². The van der Waals surface area contributed by atoms with Gasteiger partial charge in [-0.15, -0.1) is 0 Å². The number of carboxylic acids is 1. The summed E-state index contributed by atoms with van der Waals surface area (Å²) in [6.45, 7) is 0. The Morgan fingerprint density at radius 2 is 1.96 bits per heavy atom. The molecule has 3 aliphatic rings. The summed E-state index contributed by atoms with van der Waals surface area (Å²) in [5.41, 5.74) is 1.01. The molecule has 4 heteroatoms. The number of nitrogens with one attached hydrogen (secondary N) is 1.